The van der Waals surface area contributed by atoms with Gasteiger partial charge in [-0.2, -0.15) is 0 Å². The molecule has 0 bridgehead atoms. The highest BCUT2D eigenvalue weighted by molar-refractivity contribution is 5.21. The maximum Gasteiger partial charge on any atom is 0.128 e. The van der Waals surface area contributed by atoms with E-state index in [-0.39, 0.29) is 17.9 Å². The molecule has 0 aliphatic rings. The summed E-state index contributed by atoms with van der Waals surface area (Å²) in [6, 6.07) is 3.54. The summed E-state index contributed by atoms with van der Waals surface area (Å²) >= 11 is 0. The van der Waals surface area contributed by atoms with Gasteiger partial charge < -0.3 is 5.73 Å². The first-order chi connectivity index (χ1) is 8.82. The second kappa shape index (κ2) is 6.96. The molecule has 1 aromatic carbocycles. The Morgan fingerprint density at radius 3 is 2.42 bits per heavy atom. The Hall–Kier alpha value is -1.00. The molecule has 4 heteroatoms. The van der Waals surface area contributed by atoms with Crippen LogP contribution in [0.25, 0.3) is 0 Å². The fourth-order valence-corrected chi connectivity index (χ4v) is 1.95. The van der Waals surface area contributed by atoms with Crippen LogP contribution >= 0.6 is 0 Å². The van der Waals surface area contributed by atoms with E-state index in [1.807, 2.05) is 18.9 Å². The zero-order chi connectivity index (χ0) is 14.6. The molecule has 0 saturated carbocycles. The molecular weight excluding hydrogens is 246 g/mol. The van der Waals surface area contributed by atoms with Crippen molar-refractivity contribution in [3.63, 3.8) is 0 Å². The lowest BCUT2D eigenvalue weighted by molar-refractivity contribution is 0.238. The van der Waals surface area contributed by atoms with Crippen LogP contribution in [0.2, 0.25) is 0 Å². The molecule has 0 radical (unpaired) electrons. The third kappa shape index (κ3) is 4.55. The fraction of sp³-hybridized carbons (Fsp3) is 0.600. The molecule has 2 N–H and O–H groups in total. The Morgan fingerprint density at radius 2 is 1.84 bits per heavy atom. The number of nitrogens with zero attached hydrogens (tertiary/aromatic N) is 1. The van der Waals surface area contributed by atoms with Crippen LogP contribution in [0.1, 0.15) is 38.8 Å². The molecule has 0 fully saturated rings. The lowest BCUT2D eigenvalue weighted by atomic mass is 10.0. The topological polar surface area (TPSA) is 29.3 Å². The predicted molar refractivity (Wildman–Crippen MR) is 74.8 cm³/mol. The van der Waals surface area contributed by atoms with E-state index in [0.29, 0.717) is 11.5 Å². The van der Waals surface area contributed by atoms with Crippen LogP contribution in [0.3, 0.4) is 0 Å². The summed E-state index contributed by atoms with van der Waals surface area (Å²) in [4.78, 5) is 2.00. The molecule has 1 aromatic rings. The molecule has 0 saturated heterocycles. The van der Waals surface area contributed by atoms with Gasteiger partial charge in [-0.05, 0) is 51.1 Å². The van der Waals surface area contributed by atoms with Crippen molar-refractivity contribution in [1.29, 1.82) is 0 Å². The molecule has 0 aliphatic heterocycles. The van der Waals surface area contributed by atoms with Crippen molar-refractivity contribution in [3.05, 3.63) is 35.4 Å². The highest BCUT2D eigenvalue weighted by Crippen LogP contribution is 2.23. The lowest BCUT2D eigenvalue weighted by Gasteiger charge is -2.27. The number of hydrogen-bond acceptors (Lipinski definition) is 2. The summed E-state index contributed by atoms with van der Waals surface area (Å²) in [6.07, 6.45) is 0.843. The molecule has 0 aromatic heterocycles. The maximum atomic E-state index is 13.7. The standard InChI is InChI=1S/C15H24F2N2/c1-10(2)15(18)7-8-19(4)11(3)13-9-12(16)5-6-14(13)17/h5-6,9-11,15H,7-8,18H2,1-4H3. The summed E-state index contributed by atoms with van der Waals surface area (Å²) in [5, 5.41) is 0. The van der Waals surface area contributed by atoms with Gasteiger partial charge in [0.25, 0.3) is 0 Å². The highest BCUT2D eigenvalue weighted by Gasteiger charge is 2.17. The van der Waals surface area contributed by atoms with Crippen LogP contribution in [-0.4, -0.2) is 24.5 Å². The van der Waals surface area contributed by atoms with Gasteiger partial charge in [0.1, 0.15) is 11.6 Å². The van der Waals surface area contributed by atoms with Crippen molar-refractivity contribution in [2.45, 2.75) is 39.3 Å². The average Bonchev–Trinajstić information content (AvgIpc) is 2.37. The zero-order valence-electron chi connectivity index (χ0n) is 12.2. The number of halogens is 2. The van der Waals surface area contributed by atoms with E-state index in [1.165, 1.54) is 12.1 Å². The minimum absolute atomic E-state index is 0.131. The highest BCUT2D eigenvalue weighted by atomic mass is 19.1. The smallest absolute Gasteiger partial charge is 0.128 e. The summed E-state index contributed by atoms with van der Waals surface area (Å²) in [5.74, 6) is -0.348. The van der Waals surface area contributed by atoms with Crippen LogP contribution in [0, 0.1) is 17.6 Å². The zero-order valence-corrected chi connectivity index (χ0v) is 12.2. The van der Waals surface area contributed by atoms with Gasteiger partial charge in [-0.1, -0.05) is 13.8 Å². The van der Waals surface area contributed by atoms with E-state index in [1.54, 1.807) is 0 Å². The van der Waals surface area contributed by atoms with E-state index in [9.17, 15) is 8.78 Å². The van der Waals surface area contributed by atoms with Crippen LogP contribution < -0.4 is 5.73 Å². The molecule has 19 heavy (non-hydrogen) atoms. The summed E-state index contributed by atoms with van der Waals surface area (Å²) < 4.78 is 26.9. The molecule has 2 unspecified atom stereocenters. The second-order valence-corrected chi connectivity index (χ2v) is 5.52. The number of benzene rings is 1. The molecule has 108 valence electrons. The first kappa shape index (κ1) is 16.1. The number of rotatable bonds is 6. The van der Waals surface area contributed by atoms with E-state index in [4.69, 9.17) is 5.73 Å². The first-order valence-electron chi connectivity index (χ1n) is 6.73. The van der Waals surface area contributed by atoms with Crippen LogP contribution in [0.4, 0.5) is 8.78 Å². The van der Waals surface area contributed by atoms with Crippen molar-refractivity contribution >= 4 is 0 Å². The van der Waals surface area contributed by atoms with Crippen LogP contribution in [-0.2, 0) is 0 Å². The van der Waals surface area contributed by atoms with Crippen molar-refractivity contribution in [2.24, 2.45) is 11.7 Å². The second-order valence-electron chi connectivity index (χ2n) is 5.52. The Bertz CT molecular complexity index is 407. The third-order valence-corrected chi connectivity index (χ3v) is 3.74. The molecule has 2 nitrogen and oxygen atoms in total. The van der Waals surface area contributed by atoms with E-state index in [2.05, 4.69) is 13.8 Å². The van der Waals surface area contributed by atoms with Crippen molar-refractivity contribution in [1.82, 2.24) is 4.90 Å². The van der Waals surface area contributed by atoms with Gasteiger partial charge in [-0.25, -0.2) is 8.78 Å². The summed E-state index contributed by atoms with van der Waals surface area (Å²) in [5.41, 5.74) is 6.39. The minimum atomic E-state index is -0.407. The molecule has 0 amide bonds. The van der Waals surface area contributed by atoms with E-state index in [0.717, 1.165) is 19.0 Å². The monoisotopic (exact) mass is 270 g/mol. The molecule has 0 heterocycles. The quantitative estimate of drug-likeness (QED) is 0.859. The molecular formula is C15H24F2N2. The van der Waals surface area contributed by atoms with Crippen LogP contribution in [0.15, 0.2) is 18.2 Å². The third-order valence-electron chi connectivity index (χ3n) is 3.74. The fourth-order valence-electron chi connectivity index (χ4n) is 1.95. The van der Waals surface area contributed by atoms with Gasteiger partial charge in [0.05, 0.1) is 0 Å². The molecule has 0 spiro atoms. The Morgan fingerprint density at radius 1 is 1.21 bits per heavy atom. The Labute approximate surface area is 114 Å². The van der Waals surface area contributed by atoms with Gasteiger partial charge in [0, 0.05) is 17.6 Å². The van der Waals surface area contributed by atoms with Crippen LogP contribution in [0.5, 0.6) is 0 Å². The summed E-state index contributed by atoms with van der Waals surface area (Å²) in [6.45, 7) is 6.80. The van der Waals surface area contributed by atoms with Gasteiger partial charge in [-0.15, -0.1) is 0 Å². The largest absolute Gasteiger partial charge is 0.327 e. The van der Waals surface area contributed by atoms with Gasteiger partial charge in [-0.3, -0.25) is 4.90 Å². The van der Waals surface area contributed by atoms with Gasteiger partial charge in [0.15, 0.2) is 0 Å². The predicted octanol–water partition coefficient (Wildman–Crippen LogP) is 3.33. The molecule has 2 atom stereocenters. The molecule has 1 rings (SSSR count). The molecule has 0 aliphatic carbocycles. The average molecular weight is 270 g/mol. The van der Waals surface area contributed by atoms with Crippen molar-refractivity contribution in [3.8, 4) is 0 Å². The maximum absolute atomic E-state index is 13.7. The first-order valence-corrected chi connectivity index (χ1v) is 6.73. The lowest BCUT2D eigenvalue weighted by Crippen LogP contribution is -2.33. The van der Waals surface area contributed by atoms with Crippen molar-refractivity contribution < 1.29 is 8.78 Å². The van der Waals surface area contributed by atoms with Crippen molar-refractivity contribution in [2.75, 3.05) is 13.6 Å². The Balaban J connectivity index is 2.66. The van der Waals surface area contributed by atoms with Gasteiger partial charge in [0.2, 0.25) is 0 Å². The van der Waals surface area contributed by atoms with Gasteiger partial charge >= 0.3 is 0 Å². The SMILES string of the molecule is CC(C)C(N)CCN(C)C(C)c1cc(F)ccc1F. The minimum Gasteiger partial charge on any atom is -0.327 e. The number of nitrogens with two attached hydrogens (primary N) is 1. The van der Waals surface area contributed by atoms with E-state index >= 15 is 0 Å². The van der Waals surface area contributed by atoms with E-state index < -0.39 is 5.82 Å². The Kier molecular flexibility index (Phi) is 5.88. The normalized spacial score (nSPS) is 15.0. The number of hydrogen-bond donors (Lipinski definition) is 1. The summed E-state index contributed by atoms with van der Waals surface area (Å²) in [7, 11) is 1.90.